The number of fused-ring (bicyclic) bond motifs is 3. The Hall–Kier alpha value is -4.71. The number of Topliss-reactive ketones (excluding diaryl/α,β-unsaturated/α-hetero) is 2. The summed E-state index contributed by atoms with van der Waals surface area (Å²) in [6.45, 7) is 2.32. The van der Waals surface area contributed by atoms with Gasteiger partial charge in [0.15, 0.2) is 11.6 Å². The van der Waals surface area contributed by atoms with E-state index in [0.29, 0.717) is 29.8 Å². The Kier molecular flexibility index (Phi) is 6.00. The Morgan fingerprint density at radius 3 is 2.34 bits per heavy atom. The van der Waals surface area contributed by atoms with Crippen LogP contribution in [0.1, 0.15) is 32.7 Å². The molecule has 2 N–H and O–H groups in total. The Balaban J connectivity index is 1.31. The van der Waals surface area contributed by atoms with Gasteiger partial charge in [-0.15, -0.1) is 0 Å². The summed E-state index contributed by atoms with van der Waals surface area (Å²) < 4.78 is 0. The van der Waals surface area contributed by atoms with Crippen molar-refractivity contribution in [3.05, 3.63) is 114 Å². The highest BCUT2D eigenvalue weighted by Crippen LogP contribution is 2.39. The van der Waals surface area contributed by atoms with Crippen molar-refractivity contribution >= 4 is 34.5 Å². The number of nitrogens with one attached hydrogen (secondary N) is 2. The van der Waals surface area contributed by atoms with Gasteiger partial charge in [-0.2, -0.15) is 0 Å². The normalized spacial score (nSPS) is 17.8. The SMILES string of the molecule is Cc1ccc(-c2ccccc2C(=O)Nc2ccccc2C(=O)C2Nc3ccccc3N3CC(=O)C[C@H]23)cc1. The molecular formula is C32H27N3O3. The van der Waals surface area contributed by atoms with Crippen LogP contribution in [-0.2, 0) is 4.79 Å². The lowest BCUT2D eigenvalue weighted by atomic mass is 9.92. The van der Waals surface area contributed by atoms with E-state index in [0.717, 1.165) is 28.1 Å². The van der Waals surface area contributed by atoms with Gasteiger partial charge in [-0.1, -0.05) is 72.3 Å². The topological polar surface area (TPSA) is 78.5 Å². The fraction of sp³-hybridized carbons (Fsp3) is 0.156. The number of aryl methyl sites for hydroxylation is 1. The average Bonchev–Trinajstić information content (AvgIpc) is 3.34. The number of rotatable bonds is 5. The van der Waals surface area contributed by atoms with Gasteiger partial charge in [0.1, 0.15) is 6.04 Å². The number of hydrogen-bond donors (Lipinski definition) is 2. The van der Waals surface area contributed by atoms with E-state index in [9.17, 15) is 14.4 Å². The summed E-state index contributed by atoms with van der Waals surface area (Å²) in [7, 11) is 0. The van der Waals surface area contributed by atoms with Crippen LogP contribution >= 0.6 is 0 Å². The monoisotopic (exact) mass is 501 g/mol. The van der Waals surface area contributed by atoms with Crippen molar-refractivity contribution in [1.29, 1.82) is 0 Å². The molecule has 6 rings (SSSR count). The molecule has 4 aromatic carbocycles. The maximum atomic E-state index is 14.0. The van der Waals surface area contributed by atoms with Gasteiger partial charge in [-0.25, -0.2) is 0 Å². The minimum atomic E-state index is -0.616. The Labute approximate surface area is 221 Å². The van der Waals surface area contributed by atoms with Crippen molar-refractivity contribution < 1.29 is 14.4 Å². The Bertz CT molecular complexity index is 1560. The van der Waals surface area contributed by atoms with E-state index in [1.54, 1.807) is 30.3 Å². The van der Waals surface area contributed by atoms with Crippen molar-refractivity contribution in [2.24, 2.45) is 0 Å². The zero-order valence-electron chi connectivity index (χ0n) is 21.0. The molecule has 2 aliphatic heterocycles. The minimum Gasteiger partial charge on any atom is -0.372 e. The molecule has 38 heavy (non-hydrogen) atoms. The molecule has 1 amide bonds. The number of nitrogens with zero attached hydrogens (tertiary/aromatic N) is 1. The van der Waals surface area contributed by atoms with E-state index in [-0.39, 0.29) is 23.5 Å². The molecule has 188 valence electrons. The molecule has 1 fully saturated rings. The van der Waals surface area contributed by atoms with Gasteiger partial charge in [0.2, 0.25) is 0 Å². The first kappa shape index (κ1) is 23.7. The molecule has 4 aromatic rings. The number of hydrogen-bond acceptors (Lipinski definition) is 5. The van der Waals surface area contributed by atoms with Crippen LogP contribution in [0.2, 0.25) is 0 Å². The fourth-order valence-electron chi connectivity index (χ4n) is 5.46. The number of carbonyl (C=O) groups excluding carboxylic acids is 3. The zero-order chi connectivity index (χ0) is 26.2. The first-order chi connectivity index (χ1) is 18.5. The molecule has 6 heteroatoms. The van der Waals surface area contributed by atoms with E-state index in [2.05, 4.69) is 10.6 Å². The van der Waals surface area contributed by atoms with Gasteiger partial charge >= 0.3 is 0 Å². The molecule has 1 saturated heterocycles. The van der Waals surface area contributed by atoms with Gasteiger partial charge in [0.25, 0.3) is 5.91 Å². The van der Waals surface area contributed by atoms with Gasteiger partial charge in [0.05, 0.1) is 29.6 Å². The average molecular weight is 502 g/mol. The predicted octanol–water partition coefficient (Wildman–Crippen LogP) is 5.74. The van der Waals surface area contributed by atoms with Crippen LogP contribution in [0.3, 0.4) is 0 Å². The van der Waals surface area contributed by atoms with E-state index in [4.69, 9.17) is 0 Å². The van der Waals surface area contributed by atoms with Gasteiger partial charge in [-0.05, 0) is 48.4 Å². The molecule has 2 heterocycles. The van der Waals surface area contributed by atoms with E-state index in [1.165, 1.54) is 0 Å². The van der Waals surface area contributed by atoms with Crippen molar-refractivity contribution in [2.45, 2.75) is 25.4 Å². The van der Waals surface area contributed by atoms with Crippen molar-refractivity contribution in [3.8, 4) is 11.1 Å². The zero-order valence-corrected chi connectivity index (χ0v) is 21.0. The maximum Gasteiger partial charge on any atom is 0.256 e. The lowest BCUT2D eigenvalue weighted by Gasteiger charge is -2.39. The van der Waals surface area contributed by atoms with E-state index < -0.39 is 6.04 Å². The standard InChI is InChI=1S/C32H27N3O3/c1-20-14-16-21(17-15-20)23-8-2-3-9-24(23)32(38)34-26-11-5-4-10-25(26)31(37)30-29-18-22(36)19-35(29)28-13-7-6-12-27(28)33-30/h2-17,29-30,33H,18-19H2,1H3,(H,34,38)/t29-,30?/m1/s1. The number of amides is 1. The van der Waals surface area contributed by atoms with E-state index in [1.807, 2.05) is 78.6 Å². The van der Waals surface area contributed by atoms with Crippen LogP contribution in [-0.4, -0.2) is 36.1 Å². The summed E-state index contributed by atoms with van der Waals surface area (Å²) in [5, 5.41) is 6.37. The highest BCUT2D eigenvalue weighted by atomic mass is 16.2. The smallest absolute Gasteiger partial charge is 0.256 e. The molecule has 0 aliphatic carbocycles. The highest BCUT2D eigenvalue weighted by molar-refractivity contribution is 6.14. The number of para-hydroxylation sites is 3. The molecule has 0 bridgehead atoms. The first-order valence-electron chi connectivity index (χ1n) is 12.7. The second-order valence-corrected chi connectivity index (χ2v) is 9.85. The van der Waals surface area contributed by atoms with Crippen molar-refractivity contribution in [1.82, 2.24) is 0 Å². The summed E-state index contributed by atoms with van der Waals surface area (Å²) in [4.78, 5) is 41.9. The van der Waals surface area contributed by atoms with Crippen LogP contribution in [0.5, 0.6) is 0 Å². The lowest BCUT2D eigenvalue weighted by Crippen LogP contribution is -2.51. The number of anilines is 3. The quantitative estimate of drug-likeness (QED) is 0.341. The predicted molar refractivity (Wildman–Crippen MR) is 150 cm³/mol. The molecule has 0 radical (unpaired) electrons. The second kappa shape index (κ2) is 9.63. The van der Waals surface area contributed by atoms with Gasteiger partial charge in [0, 0.05) is 17.5 Å². The van der Waals surface area contributed by atoms with Gasteiger partial charge in [-0.3, -0.25) is 14.4 Å². The van der Waals surface area contributed by atoms with Crippen molar-refractivity contribution in [3.63, 3.8) is 0 Å². The maximum absolute atomic E-state index is 14.0. The summed E-state index contributed by atoms with van der Waals surface area (Å²) >= 11 is 0. The number of ketones is 2. The molecule has 2 atom stereocenters. The molecule has 0 saturated carbocycles. The lowest BCUT2D eigenvalue weighted by molar-refractivity contribution is -0.116. The van der Waals surface area contributed by atoms with Crippen LogP contribution < -0.4 is 15.5 Å². The third-order valence-corrected chi connectivity index (χ3v) is 7.35. The van der Waals surface area contributed by atoms with Gasteiger partial charge < -0.3 is 15.5 Å². The van der Waals surface area contributed by atoms with Crippen LogP contribution in [0.25, 0.3) is 11.1 Å². The Morgan fingerprint density at radius 1 is 0.842 bits per heavy atom. The first-order valence-corrected chi connectivity index (χ1v) is 12.7. The summed E-state index contributed by atoms with van der Waals surface area (Å²) in [6.07, 6.45) is 0.302. The summed E-state index contributed by atoms with van der Waals surface area (Å²) in [6, 6.07) is 29.4. The molecule has 2 aliphatic rings. The second-order valence-electron chi connectivity index (χ2n) is 9.85. The van der Waals surface area contributed by atoms with Crippen LogP contribution in [0, 0.1) is 6.92 Å². The fourth-order valence-corrected chi connectivity index (χ4v) is 5.46. The number of benzene rings is 4. The van der Waals surface area contributed by atoms with Crippen molar-refractivity contribution in [2.75, 3.05) is 22.1 Å². The summed E-state index contributed by atoms with van der Waals surface area (Å²) in [5.41, 5.74) is 6.04. The molecule has 6 nitrogen and oxygen atoms in total. The third kappa shape index (κ3) is 4.24. The molecular weight excluding hydrogens is 474 g/mol. The summed E-state index contributed by atoms with van der Waals surface area (Å²) in [5.74, 6) is -0.339. The highest BCUT2D eigenvalue weighted by Gasteiger charge is 2.44. The number of carbonyl (C=O) groups is 3. The minimum absolute atomic E-state index is 0.112. The largest absolute Gasteiger partial charge is 0.372 e. The van der Waals surface area contributed by atoms with Crippen LogP contribution in [0.15, 0.2) is 97.1 Å². The third-order valence-electron chi connectivity index (χ3n) is 7.35. The Morgan fingerprint density at radius 2 is 1.53 bits per heavy atom. The molecule has 0 spiro atoms. The van der Waals surface area contributed by atoms with Crippen LogP contribution in [0.4, 0.5) is 17.1 Å². The molecule has 1 unspecified atom stereocenters. The van der Waals surface area contributed by atoms with E-state index >= 15 is 0 Å². The molecule has 0 aromatic heterocycles.